The van der Waals surface area contributed by atoms with Crippen LogP contribution in [0.2, 0.25) is 0 Å². The Morgan fingerprint density at radius 1 is 1.26 bits per heavy atom. The minimum atomic E-state index is 0.818. The number of anilines is 1. The van der Waals surface area contributed by atoms with Gasteiger partial charge in [-0.1, -0.05) is 23.4 Å². The third kappa shape index (κ3) is 4.06. The van der Waals surface area contributed by atoms with Crippen LogP contribution < -0.4 is 10.2 Å². The second kappa shape index (κ2) is 6.89. The zero-order valence-electron chi connectivity index (χ0n) is 11.6. The van der Waals surface area contributed by atoms with Crippen LogP contribution in [0, 0.1) is 0 Å². The molecule has 0 unspecified atom stereocenters. The van der Waals surface area contributed by atoms with Crippen molar-refractivity contribution in [2.24, 2.45) is 7.05 Å². The molecular formula is C14H21N5. The first-order valence-corrected chi connectivity index (χ1v) is 6.58. The molecule has 0 amide bonds. The first-order valence-electron chi connectivity index (χ1n) is 6.58. The molecule has 2 aromatic rings. The third-order valence-corrected chi connectivity index (χ3v) is 3.16. The second-order valence-electron chi connectivity index (χ2n) is 4.64. The van der Waals surface area contributed by atoms with E-state index in [-0.39, 0.29) is 0 Å². The molecule has 0 bridgehead atoms. The van der Waals surface area contributed by atoms with Gasteiger partial charge in [0, 0.05) is 32.9 Å². The first kappa shape index (κ1) is 13.5. The maximum atomic E-state index is 3.90. The van der Waals surface area contributed by atoms with E-state index in [2.05, 4.69) is 51.8 Å². The topological polar surface area (TPSA) is 46.0 Å². The normalized spacial score (nSPS) is 10.6. The maximum Gasteiger partial charge on any atom is 0.0738 e. The fourth-order valence-corrected chi connectivity index (χ4v) is 1.94. The van der Waals surface area contributed by atoms with Crippen molar-refractivity contribution in [3.63, 3.8) is 0 Å². The molecule has 1 aromatic heterocycles. The van der Waals surface area contributed by atoms with Gasteiger partial charge in [-0.3, -0.25) is 4.68 Å². The van der Waals surface area contributed by atoms with Crippen molar-refractivity contribution in [1.29, 1.82) is 0 Å². The fourth-order valence-electron chi connectivity index (χ4n) is 1.94. The summed E-state index contributed by atoms with van der Waals surface area (Å²) in [6.07, 6.45) is 2.90. The minimum Gasteiger partial charge on any atom is -0.375 e. The Bertz CT molecular complexity index is 480. The largest absolute Gasteiger partial charge is 0.375 e. The molecule has 0 radical (unpaired) electrons. The average Bonchev–Trinajstić information content (AvgIpc) is 2.85. The Morgan fingerprint density at radius 2 is 2.05 bits per heavy atom. The van der Waals surface area contributed by atoms with Gasteiger partial charge in [-0.25, -0.2) is 0 Å². The zero-order valence-corrected chi connectivity index (χ0v) is 11.6. The van der Waals surface area contributed by atoms with E-state index in [1.807, 2.05) is 13.1 Å². The molecule has 5 nitrogen and oxygen atoms in total. The molecule has 1 N–H and O–H groups in total. The Kier molecular flexibility index (Phi) is 4.92. The highest BCUT2D eigenvalue weighted by atomic mass is 15.4. The third-order valence-electron chi connectivity index (χ3n) is 3.16. The van der Waals surface area contributed by atoms with Crippen molar-refractivity contribution < 1.29 is 0 Å². The van der Waals surface area contributed by atoms with Crippen LogP contribution in [0.15, 0.2) is 36.5 Å². The molecule has 102 valence electrons. The Hall–Kier alpha value is -1.88. The molecule has 19 heavy (non-hydrogen) atoms. The van der Waals surface area contributed by atoms with Gasteiger partial charge in [-0.2, -0.15) is 0 Å². The summed E-state index contributed by atoms with van der Waals surface area (Å²) in [6, 6.07) is 10.4. The van der Waals surface area contributed by atoms with Crippen LogP contribution in [0.3, 0.4) is 0 Å². The number of benzene rings is 1. The van der Waals surface area contributed by atoms with E-state index in [9.17, 15) is 0 Å². The van der Waals surface area contributed by atoms with Crippen molar-refractivity contribution in [3.8, 4) is 0 Å². The van der Waals surface area contributed by atoms with Crippen molar-refractivity contribution in [2.75, 3.05) is 25.0 Å². The minimum absolute atomic E-state index is 0.818. The number of nitrogens with zero attached hydrogens (tertiary/aromatic N) is 4. The van der Waals surface area contributed by atoms with Crippen LogP contribution in [0.1, 0.15) is 12.1 Å². The van der Waals surface area contributed by atoms with Crippen LogP contribution in [0.5, 0.6) is 0 Å². The van der Waals surface area contributed by atoms with Gasteiger partial charge in [0.25, 0.3) is 0 Å². The van der Waals surface area contributed by atoms with Crippen LogP contribution >= 0.6 is 0 Å². The summed E-state index contributed by atoms with van der Waals surface area (Å²) in [5.74, 6) is 0. The smallest absolute Gasteiger partial charge is 0.0738 e. The van der Waals surface area contributed by atoms with Crippen molar-refractivity contribution in [3.05, 3.63) is 42.2 Å². The summed E-state index contributed by atoms with van der Waals surface area (Å²) in [7, 11) is 4.04. The van der Waals surface area contributed by atoms with Gasteiger partial charge in [0.2, 0.25) is 0 Å². The van der Waals surface area contributed by atoms with Crippen LogP contribution in [-0.4, -0.2) is 35.1 Å². The monoisotopic (exact) mass is 259 g/mol. The summed E-state index contributed by atoms with van der Waals surface area (Å²) >= 11 is 0. The van der Waals surface area contributed by atoms with Gasteiger partial charge < -0.3 is 10.2 Å². The molecule has 0 saturated heterocycles. The van der Waals surface area contributed by atoms with Gasteiger partial charge in [-0.15, -0.1) is 5.10 Å². The second-order valence-corrected chi connectivity index (χ2v) is 4.64. The lowest BCUT2D eigenvalue weighted by Crippen LogP contribution is -2.24. The molecule has 0 saturated carbocycles. The van der Waals surface area contributed by atoms with E-state index >= 15 is 0 Å². The van der Waals surface area contributed by atoms with Crippen LogP contribution in [-0.2, 0) is 13.6 Å². The van der Waals surface area contributed by atoms with Crippen LogP contribution in [0.25, 0.3) is 0 Å². The van der Waals surface area contributed by atoms with E-state index in [0.29, 0.717) is 0 Å². The average molecular weight is 259 g/mol. The Labute approximate surface area is 114 Å². The molecule has 0 aliphatic carbocycles. The number of para-hydroxylation sites is 1. The van der Waals surface area contributed by atoms with E-state index in [1.54, 1.807) is 10.9 Å². The highest BCUT2D eigenvalue weighted by Gasteiger charge is 2.00. The molecule has 0 aliphatic rings. The molecule has 0 fully saturated rings. The van der Waals surface area contributed by atoms with Gasteiger partial charge in [0.15, 0.2) is 0 Å². The molecule has 0 spiro atoms. The molecule has 1 aromatic carbocycles. The summed E-state index contributed by atoms with van der Waals surface area (Å²) in [5, 5.41) is 11.2. The van der Waals surface area contributed by atoms with E-state index in [4.69, 9.17) is 0 Å². The highest BCUT2D eigenvalue weighted by Crippen LogP contribution is 2.10. The van der Waals surface area contributed by atoms with Crippen molar-refractivity contribution in [2.45, 2.75) is 13.0 Å². The number of nitrogens with one attached hydrogen (secondary N) is 1. The maximum absolute atomic E-state index is 3.90. The molecule has 1 heterocycles. The lowest BCUT2D eigenvalue weighted by atomic mass is 10.3. The molecule has 0 aliphatic heterocycles. The summed E-state index contributed by atoms with van der Waals surface area (Å²) < 4.78 is 1.79. The zero-order chi connectivity index (χ0) is 13.5. The van der Waals surface area contributed by atoms with Crippen LogP contribution in [0.4, 0.5) is 5.69 Å². The SMILES string of the molecule is CN(CCCNCc1cnnn1C)c1ccccc1. The Balaban J connectivity index is 1.63. The number of hydrogen-bond acceptors (Lipinski definition) is 4. The van der Waals surface area contributed by atoms with Gasteiger partial charge in [0.05, 0.1) is 11.9 Å². The first-order chi connectivity index (χ1) is 9.27. The highest BCUT2D eigenvalue weighted by molar-refractivity contribution is 5.44. The van der Waals surface area contributed by atoms with Gasteiger partial charge in [-0.05, 0) is 25.1 Å². The van der Waals surface area contributed by atoms with Crippen molar-refractivity contribution in [1.82, 2.24) is 20.3 Å². The summed E-state index contributed by atoms with van der Waals surface area (Å²) in [4.78, 5) is 2.27. The Morgan fingerprint density at radius 3 is 2.74 bits per heavy atom. The quantitative estimate of drug-likeness (QED) is 0.764. The summed E-state index contributed by atoms with van der Waals surface area (Å²) in [5.41, 5.74) is 2.37. The van der Waals surface area contributed by atoms with Gasteiger partial charge in [0.1, 0.15) is 0 Å². The predicted molar refractivity (Wildman–Crippen MR) is 77.0 cm³/mol. The molecule has 2 rings (SSSR count). The molecular weight excluding hydrogens is 238 g/mol. The molecule has 0 atom stereocenters. The fraction of sp³-hybridized carbons (Fsp3) is 0.429. The van der Waals surface area contributed by atoms with Crippen molar-refractivity contribution >= 4 is 5.69 Å². The lowest BCUT2D eigenvalue weighted by molar-refractivity contribution is 0.600. The number of aromatic nitrogens is 3. The predicted octanol–water partition coefficient (Wildman–Crippen LogP) is 1.43. The lowest BCUT2D eigenvalue weighted by Gasteiger charge is -2.19. The number of aryl methyl sites for hydroxylation is 1. The van der Waals surface area contributed by atoms with Gasteiger partial charge >= 0.3 is 0 Å². The van der Waals surface area contributed by atoms with E-state index in [1.165, 1.54) is 5.69 Å². The number of rotatable bonds is 7. The van der Waals surface area contributed by atoms with E-state index in [0.717, 1.165) is 31.7 Å². The number of hydrogen-bond donors (Lipinski definition) is 1. The summed E-state index contributed by atoms with van der Waals surface area (Å²) in [6.45, 7) is 2.85. The van der Waals surface area contributed by atoms with E-state index < -0.39 is 0 Å². The molecule has 5 heteroatoms. The standard InChI is InChI=1S/C14H21N5/c1-18(13-7-4-3-5-8-13)10-6-9-15-11-14-12-16-17-19(14)2/h3-5,7-8,12,15H,6,9-11H2,1-2H3.